The van der Waals surface area contributed by atoms with E-state index in [0.29, 0.717) is 6.42 Å². The van der Waals surface area contributed by atoms with E-state index in [0.717, 1.165) is 0 Å². The van der Waals surface area contributed by atoms with Gasteiger partial charge in [0.25, 0.3) is 0 Å². The first-order chi connectivity index (χ1) is 6.66. The molecule has 0 aromatic rings. The zero-order valence-electron chi connectivity index (χ0n) is 8.13. The molecule has 0 fully saturated rings. The van der Waals surface area contributed by atoms with Gasteiger partial charge in [-0.3, -0.25) is 4.79 Å². The van der Waals surface area contributed by atoms with Crippen molar-refractivity contribution in [3.05, 3.63) is 0 Å². The van der Waals surface area contributed by atoms with E-state index in [1.807, 2.05) is 6.92 Å². The van der Waals surface area contributed by atoms with Gasteiger partial charge in [-0.05, 0) is 13.5 Å². The van der Waals surface area contributed by atoms with Crippen LogP contribution in [0.5, 0.6) is 0 Å². The Balaban J connectivity index is 0. The maximum absolute atomic E-state index is 10.6. The molecule has 90 valence electrons. The van der Waals surface area contributed by atoms with Crippen molar-refractivity contribution in [1.29, 1.82) is 0 Å². The van der Waals surface area contributed by atoms with Gasteiger partial charge in [-0.1, -0.05) is 6.92 Å². The van der Waals surface area contributed by atoms with Gasteiger partial charge < -0.3 is 15.5 Å². The van der Waals surface area contributed by atoms with Crippen molar-refractivity contribution in [1.82, 2.24) is 5.32 Å². The van der Waals surface area contributed by atoms with Crippen LogP contribution in [0.3, 0.4) is 0 Å². The maximum atomic E-state index is 10.6. The second-order valence-electron chi connectivity index (χ2n) is 2.39. The summed E-state index contributed by atoms with van der Waals surface area (Å²) in [5.74, 6) is -3.54. The molecule has 3 N–H and O–H groups in total. The molecule has 0 spiro atoms. The third-order valence-corrected chi connectivity index (χ3v) is 1.30. The molecule has 0 aromatic carbocycles. The molecule has 8 heteroatoms. The quantitative estimate of drug-likeness (QED) is 0.665. The molecule has 0 saturated carbocycles. The minimum Gasteiger partial charge on any atom is -0.480 e. The van der Waals surface area contributed by atoms with Crippen molar-refractivity contribution >= 4 is 11.9 Å². The first-order valence-electron chi connectivity index (χ1n) is 3.87. The number of hydrogen-bond acceptors (Lipinski definition) is 3. The van der Waals surface area contributed by atoms with E-state index < -0.39 is 18.1 Å². The van der Waals surface area contributed by atoms with Gasteiger partial charge in [0.2, 0.25) is 0 Å². The average Bonchev–Trinajstić information content (AvgIpc) is 2.04. The Morgan fingerprint density at radius 1 is 1.33 bits per heavy atom. The molecule has 0 saturated heterocycles. The fourth-order valence-electron chi connectivity index (χ4n) is 0.502. The second kappa shape index (κ2) is 7.04. The topological polar surface area (TPSA) is 86.6 Å². The molecule has 0 aliphatic rings. The molecular formula is C7H12F3NO4. The Hall–Kier alpha value is -1.31. The maximum Gasteiger partial charge on any atom is 0.490 e. The lowest BCUT2D eigenvalue weighted by atomic mass is 10.2. The summed E-state index contributed by atoms with van der Waals surface area (Å²) >= 11 is 0. The summed E-state index contributed by atoms with van der Waals surface area (Å²) in [5.41, 5.74) is 0. The standard InChI is InChI=1S/C5H11NO2.C2HF3O2/c1-3-4(6-2)5(7)8;3-2(4,5)1(6)7/h4,6H,3H2,1-2H3,(H,7,8);(H,6,7)/t4-;/m0./s1. The van der Waals surface area contributed by atoms with Crippen molar-refractivity contribution in [2.75, 3.05) is 7.05 Å². The van der Waals surface area contributed by atoms with Crippen LogP contribution in [-0.2, 0) is 9.59 Å². The van der Waals surface area contributed by atoms with E-state index in [9.17, 15) is 18.0 Å². The highest BCUT2D eigenvalue weighted by Gasteiger charge is 2.38. The monoisotopic (exact) mass is 231 g/mol. The number of nitrogens with one attached hydrogen (secondary N) is 1. The van der Waals surface area contributed by atoms with Gasteiger partial charge >= 0.3 is 18.1 Å². The lowest BCUT2D eigenvalue weighted by molar-refractivity contribution is -0.192. The molecule has 0 aromatic heterocycles. The largest absolute Gasteiger partial charge is 0.490 e. The third-order valence-electron chi connectivity index (χ3n) is 1.30. The number of carboxylic acids is 2. The summed E-state index contributed by atoms with van der Waals surface area (Å²) in [6.45, 7) is 1.83. The molecule has 0 heterocycles. The van der Waals surface area contributed by atoms with Crippen LogP contribution >= 0.6 is 0 Å². The Morgan fingerprint density at radius 3 is 1.67 bits per heavy atom. The molecule has 0 bridgehead atoms. The number of carbonyl (C=O) groups is 2. The van der Waals surface area contributed by atoms with Crippen LogP contribution in [-0.4, -0.2) is 41.4 Å². The normalized spacial score (nSPS) is 12.3. The lowest BCUT2D eigenvalue weighted by Crippen LogP contribution is -2.32. The van der Waals surface area contributed by atoms with Gasteiger partial charge in [0.15, 0.2) is 0 Å². The number of aliphatic carboxylic acids is 2. The summed E-state index contributed by atoms with van der Waals surface area (Å²) in [5, 5.41) is 18.1. The molecule has 0 unspecified atom stereocenters. The second-order valence-corrected chi connectivity index (χ2v) is 2.39. The third kappa shape index (κ3) is 9.01. The molecule has 0 amide bonds. The van der Waals surface area contributed by atoms with Crippen LogP contribution < -0.4 is 5.32 Å². The molecule has 0 rings (SSSR count). The number of likely N-dealkylation sites (N-methyl/N-ethyl adjacent to an activating group) is 1. The molecule has 5 nitrogen and oxygen atoms in total. The summed E-state index contributed by atoms with van der Waals surface area (Å²) < 4.78 is 31.7. The van der Waals surface area contributed by atoms with Gasteiger partial charge in [-0.2, -0.15) is 13.2 Å². The fraction of sp³-hybridized carbons (Fsp3) is 0.714. The Kier molecular flexibility index (Phi) is 7.58. The van der Waals surface area contributed by atoms with Crippen LogP contribution in [0.25, 0.3) is 0 Å². The highest BCUT2D eigenvalue weighted by molar-refractivity contribution is 5.73. The van der Waals surface area contributed by atoms with Gasteiger partial charge in [0.1, 0.15) is 6.04 Å². The van der Waals surface area contributed by atoms with Crippen LogP contribution in [0.15, 0.2) is 0 Å². The minimum absolute atomic E-state index is 0.380. The molecule has 0 radical (unpaired) electrons. The summed E-state index contributed by atoms with van der Waals surface area (Å²) in [7, 11) is 1.64. The number of alkyl halides is 3. The molecule has 0 aliphatic carbocycles. The van der Waals surface area contributed by atoms with Gasteiger partial charge in [-0.25, -0.2) is 4.79 Å². The predicted octanol–water partition coefficient (Wildman–Crippen LogP) is 0.702. The van der Waals surface area contributed by atoms with Gasteiger partial charge in [0, 0.05) is 0 Å². The van der Waals surface area contributed by atoms with E-state index >= 15 is 0 Å². The van der Waals surface area contributed by atoms with E-state index in [-0.39, 0.29) is 6.04 Å². The van der Waals surface area contributed by atoms with Crippen molar-refractivity contribution in [2.45, 2.75) is 25.6 Å². The Bertz CT molecular complexity index is 213. The zero-order chi connectivity index (χ0) is 12.6. The molecule has 0 aliphatic heterocycles. The van der Waals surface area contributed by atoms with Gasteiger partial charge in [0.05, 0.1) is 0 Å². The summed E-state index contributed by atoms with van der Waals surface area (Å²) in [6.07, 6.45) is -4.45. The molecule has 15 heavy (non-hydrogen) atoms. The number of halogens is 3. The van der Waals surface area contributed by atoms with Crippen molar-refractivity contribution < 1.29 is 33.0 Å². The van der Waals surface area contributed by atoms with Crippen molar-refractivity contribution in [3.63, 3.8) is 0 Å². The van der Waals surface area contributed by atoms with E-state index in [1.165, 1.54) is 0 Å². The SMILES string of the molecule is CC[C@H](NC)C(=O)O.O=C(O)C(F)(F)F. The summed E-state index contributed by atoms with van der Waals surface area (Å²) in [4.78, 5) is 19.0. The zero-order valence-corrected chi connectivity index (χ0v) is 8.13. The first-order valence-corrected chi connectivity index (χ1v) is 3.87. The number of hydrogen-bond donors (Lipinski definition) is 3. The van der Waals surface area contributed by atoms with E-state index in [2.05, 4.69) is 5.32 Å². The number of carboxylic acid groups (broad SMARTS) is 2. The van der Waals surface area contributed by atoms with Crippen LogP contribution in [0, 0.1) is 0 Å². The van der Waals surface area contributed by atoms with Crippen LogP contribution in [0.2, 0.25) is 0 Å². The van der Waals surface area contributed by atoms with Crippen LogP contribution in [0.1, 0.15) is 13.3 Å². The lowest BCUT2D eigenvalue weighted by Gasteiger charge is -2.05. The van der Waals surface area contributed by atoms with Gasteiger partial charge in [-0.15, -0.1) is 0 Å². The highest BCUT2D eigenvalue weighted by Crippen LogP contribution is 2.13. The smallest absolute Gasteiger partial charge is 0.480 e. The fourth-order valence-corrected chi connectivity index (χ4v) is 0.502. The van der Waals surface area contributed by atoms with E-state index in [1.54, 1.807) is 7.05 Å². The first kappa shape index (κ1) is 16.1. The van der Waals surface area contributed by atoms with E-state index in [4.69, 9.17) is 15.0 Å². The minimum atomic E-state index is -5.08. The summed E-state index contributed by atoms with van der Waals surface area (Å²) in [6, 6.07) is -0.380. The van der Waals surface area contributed by atoms with Crippen molar-refractivity contribution in [3.8, 4) is 0 Å². The Labute approximate surface area is 83.9 Å². The van der Waals surface area contributed by atoms with Crippen LogP contribution in [0.4, 0.5) is 13.2 Å². The average molecular weight is 231 g/mol. The molecule has 1 atom stereocenters. The predicted molar refractivity (Wildman–Crippen MR) is 44.5 cm³/mol. The Morgan fingerprint density at radius 2 is 1.67 bits per heavy atom. The highest BCUT2D eigenvalue weighted by atomic mass is 19.4. The number of rotatable bonds is 3. The van der Waals surface area contributed by atoms with Crippen molar-refractivity contribution in [2.24, 2.45) is 0 Å². The molecular weight excluding hydrogens is 219 g/mol.